The molecule has 0 spiro atoms. The van der Waals surface area contributed by atoms with Gasteiger partial charge < -0.3 is 11.1 Å². The molecule has 3 nitrogen and oxygen atoms in total. The quantitative estimate of drug-likeness (QED) is 0.852. The van der Waals surface area contributed by atoms with Crippen LogP contribution in [0.25, 0.3) is 0 Å². The minimum Gasteiger partial charge on any atom is -0.398 e. The van der Waals surface area contributed by atoms with E-state index in [1.54, 1.807) is 0 Å². The predicted molar refractivity (Wildman–Crippen MR) is 88.4 cm³/mol. The summed E-state index contributed by atoms with van der Waals surface area (Å²) >= 11 is 0. The summed E-state index contributed by atoms with van der Waals surface area (Å²) in [5.41, 5.74) is 9.21. The molecular formula is C18H22FN3. The molecule has 116 valence electrons. The second kappa shape index (κ2) is 6.90. The van der Waals surface area contributed by atoms with Gasteiger partial charge in [0.05, 0.1) is 0 Å². The molecule has 0 radical (unpaired) electrons. The highest BCUT2D eigenvalue weighted by atomic mass is 19.1. The third-order valence-corrected chi connectivity index (χ3v) is 4.29. The van der Waals surface area contributed by atoms with Crippen molar-refractivity contribution in [2.75, 3.05) is 38.5 Å². The molecule has 1 atom stereocenters. The topological polar surface area (TPSA) is 41.3 Å². The highest BCUT2D eigenvalue weighted by Gasteiger charge is 2.21. The number of anilines is 1. The maximum absolute atomic E-state index is 13.2. The Labute approximate surface area is 130 Å². The SMILES string of the molecule is Nc1ccccc1C(CN1CCNCC1)c1ccc(F)cc1. The molecule has 1 heterocycles. The van der Waals surface area contributed by atoms with Gasteiger partial charge in [0, 0.05) is 44.3 Å². The number of hydrogen-bond acceptors (Lipinski definition) is 3. The molecule has 1 unspecified atom stereocenters. The Morgan fingerprint density at radius 3 is 2.41 bits per heavy atom. The third kappa shape index (κ3) is 3.46. The Kier molecular flexibility index (Phi) is 4.71. The lowest BCUT2D eigenvalue weighted by Crippen LogP contribution is -2.45. The van der Waals surface area contributed by atoms with Crippen molar-refractivity contribution in [1.82, 2.24) is 10.2 Å². The lowest BCUT2D eigenvalue weighted by molar-refractivity contribution is 0.234. The Balaban J connectivity index is 1.91. The number of para-hydroxylation sites is 1. The van der Waals surface area contributed by atoms with Crippen LogP contribution < -0.4 is 11.1 Å². The first-order valence-corrected chi connectivity index (χ1v) is 7.77. The molecule has 1 aliphatic heterocycles. The van der Waals surface area contributed by atoms with E-state index in [1.165, 1.54) is 12.1 Å². The standard InChI is InChI=1S/C18H22FN3/c19-15-7-5-14(6-8-15)17(13-22-11-9-21-10-12-22)16-3-1-2-4-18(16)20/h1-8,17,21H,9-13,20H2. The fourth-order valence-corrected chi connectivity index (χ4v) is 3.06. The van der Waals surface area contributed by atoms with Crippen molar-refractivity contribution in [1.29, 1.82) is 0 Å². The first kappa shape index (κ1) is 15.0. The molecule has 0 aromatic heterocycles. The first-order chi connectivity index (χ1) is 10.7. The Hall–Kier alpha value is -1.91. The van der Waals surface area contributed by atoms with Crippen LogP contribution in [-0.4, -0.2) is 37.6 Å². The van der Waals surface area contributed by atoms with E-state index in [0.717, 1.165) is 49.5 Å². The molecule has 2 aromatic carbocycles. The van der Waals surface area contributed by atoms with Crippen molar-refractivity contribution in [3.05, 3.63) is 65.5 Å². The molecule has 3 rings (SSSR count). The second-order valence-electron chi connectivity index (χ2n) is 5.78. The van der Waals surface area contributed by atoms with Gasteiger partial charge >= 0.3 is 0 Å². The molecule has 0 aliphatic carbocycles. The van der Waals surface area contributed by atoms with E-state index in [-0.39, 0.29) is 11.7 Å². The van der Waals surface area contributed by atoms with Gasteiger partial charge in [0.25, 0.3) is 0 Å². The van der Waals surface area contributed by atoms with Gasteiger partial charge in [-0.05, 0) is 29.3 Å². The van der Waals surface area contributed by atoms with Gasteiger partial charge in [0.15, 0.2) is 0 Å². The van der Waals surface area contributed by atoms with Gasteiger partial charge in [0.2, 0.25) is 0 Å². The molecule has 0 saturated carbocycles. The van der Waals surface area contributed by atoms with Gasteiger partial charge in [-0.1, -0.05) is 30.3 Å². The summed E-state index contributed by atoms with van der Waals surface area (Å²) in [6.07, 6.45) is 0. The van der Waals surface area contributed by atoms with E-state index in [9.17, 15) is 4.39 Å². The average Bonchev–Trinajstić information content (AvgIpc) is 2.55. The number of hydrogen-bond donors (Lipinski definition) is 2. The van der Waals surface area contributed by atoms with Crippen molar-refractivity contribution in [3.63, 3.8) is 0 Å². The molecule has 0 bridgehead atoms. The van der Waals surface area contributed by atoms with Crippen molar-refractivity contribution in [2.45, 2.75) is 5.92 Å². The lowest BCUT2D eigenvalue weighted by Gasteiger charge is -2.31. The average molecular weight is 299 g/mol. The van der Waals surface area contributed by atoms with E-state index in [0.29, 0.717) is 0 Å². The number of nitrogens with one attached hydrogen (secondary N) is 1. The number of rotatable bonds is 4. The van der Waals surface area contributed by atoms with Crippen LogP contribution in [-0.2, 0) is 0 Å². The van der Waals surface area contributed by atoms with Crippen molar-refractivity contribution in [2.24, 2.45) is 0 Å². The molecule has 22 heavy (non-hydrogen) atoms. The monoisotopic (exact) mass is 299 g/mol. The molecule has 4 heteroatoms. The number of nitrogen functional groups attached to an aromatic ring is 1. The van der Waals surface area contributed by atoms with Crippen LogP contribution in [0.2, 0.25) is 0 Å². The molecule has 1 saturated heterocycles. The molecule has 0 amide bonds. The summed E-state index contributed by atoms with van der Waals surface area (Å²) in [5.74, 6) is -0.0365. The van der Waals surface area contributed by atoms with Crippen LogP contribution in [0.1, 0.15) is 17.0 Å². The van der Waals surface area contributed by atoms with Crippen molar-refractivity contribution < 1.29 is 4.39 Å². The summed E-state index contributed by atoms with van der Waals surface area (Å²) in [7, 11) is 0. The maximum atomic E-state index is 13.2. The molecule has 1 fully saturated rings. The molecular weight excluding hydrogens is 277 g/mol. The summed E-state index contributed by atoms with van der Waals surface area (Å²) in [4.78, 5) is 2.44. The number of nitrogens with zero attached hydrogens (tertiary/aromatic N) is 1. The lowest BCUT2D eigenvalue weighted by atomic mass is 9.89. The van der Waals surface area contributed by atoms with E-state index >= 15 is 0 Å². The normalized spacial score (nSPS) is 17.3. The van der Waals surface area contributed by atoms with E-state index in [1.807, 2.05) is 30.3 Å². The van der Waals surface area contributed by atoms with Crippen molar-refractivity contribution >= 4 is 5.69 Å². The van der Waals surface area contributed by atoms with Gasteiger partial charge in [-0.2, -0.15) is 0 Å². The highest BCUT2D eigenvalue weighted by Crippen LogP contribution is 2.30. The molecule has 2 aromatic rings. The predicted octanol–water partition coefficient (Wildman–Crippen LogP) is 2.45. The Morgan fingerprint density at radius 2 is 1.73 bits per heavy atom. The van der Waals surface area contributed by atoms with E-state index < -0.39 is 0 Å². The minimum absolute atomic E-state index is 0.167. The van der Waals surface area contributed by atoms with E-state index in [2.05, 4.69) is 16.3 Å². The highest BCUT2D eigenvalue weighted by molar-refractivity contribution is 5.51. The van der Waals surface area contributed by atoms with Gasteiger partial charge in [-0.15, -0.1) is 0 Å². The number of piperazine rings is 1. The zero-order valence-corrected chi connectivity index (χ0v) is 12.6. The van der Waals surface area contributed by atoms with Crippen LogP contribution in [0.4, 0.5) is 10.1 Å². The summed E-state index contributed by atoms with van der Waals surface area (Å²) in [6.45, 7) is 5.00. The fourth-order valence-electron chi connectivity index (χ4n) is 3.06. The zero-order valence-electron chi connectivity index (χ0n) is 12.6. The summed E-state index contributed by atoms with van der Waals surface area (Å²) in [5, 5.41) is 3.37. The minimum atomic E-state index is -0.203. The van der Waals surface area contributed by atoms with Gasteiger partial charge in [-0.25, -0.2) is 4.39 Å². The smallest absolute Gasteiger partial charge is 0.123 e. The van der Waals surface area contributed by atoms with Crippen LogP contribution in [0, 0.1) is 5.82 Å². The first-order valence-electron chi connectivity index (χ1n) is 7.77. The van der Waals surface area contributed by atoms with Gasteiger partial charge in [0.1, 0.15) is 5.82 Å². The Morgan fingerprint density at radius 1 is 1.05 bits per heavy atom. The number of benzene rings is 2. The van der Waals surface area contributed by atoms with Crippen LogP contribution in [0.5, 0.6) is 0 Å². The van der Waals surface area contributed by atoms with Crippen molar-refractivity contribution in [3.8, 4) is 0 Å². The van der Waals surface area contributed by atoms with Gasteiger partial charge in [-0.3, -0.25) is 4.90 Å². The molecule has 3 N–H and O–H groups in total. The summed E-state index contributed by atoms with van der Waals surface area (Å²) in [6, 6.07) is 14.8. The maximum Gasteiger partial charge on any atom is 0.123 e. The second-order valence-corrected chi connectivity index (χ2v) is 5.78. The van der Waals surface area contributed by atoms with Crippen LogP contribution in [0.15, 0.2) is 48.5 Å². The summed E-state index contributed by atoms with van der Waals surface area (Å²) < 4.78 is 13.2. The van der Waals surface area contributed by atoms with Crippen LogP contribution in [0.3, 0.4) is 0 Å². The number of halogens is 1. The van der Waals surface area contributed by atoms with Crippen LogP contribution >= 0.6 is 0 Å². The van der Waals surface area contributed by atoms with E-state index in [4.69, 9.17) is 5.73 Å². The third-order valence-electron chi connectivity index (χ3n) is 4.29. The Bertz CT molecular complexity index is 606. The zero-order chi connectivity index (χ0) is 15.4. The fraction of sp³-hybridized carbons (Fsp3) is 0.333. The molecule has 1 aliphatic rings. The largest absolute Gasteiger partial charge is 0.398 e. The number of nitrogens with two attached hydrogens (primary N) is 1.